The van der Waals surface area contributed by atoms with Gasteiger partial charge in [-0.3, -0.25) is 18.6 Å². The quantitative estimate of drug-likeness (QED) is 0.0265. The minimum Gasteiger partial charge on any atom is -0.462 e. The molecule has 0 aliphatic carbocycles. The van der Waals surface area contributed by atoms with Gasteiger partial charge in [-0.15, -0.1) is 0 Å². The molecule has 9 nitrogen and oxygen atoms in total. The number of carbonyl (C=O) groups is 2. The van der Waals surface area contributed by atoms with E-state index in [2.05, 4.69) is 148 Å². The highest BCUT2D eigenvalue weighted by atomic mass is 31.2. The Bertz CT molecular complexity index is 1530. The fourth-order valence-corrected chi connectivity index (χ4v) is 6.87. The average molecular weight is 936 g/mol. The van der Waals surface area contributed by atoms with Crippen molar-refractivity contribution < 1.29 is 37.6 Å². The Hall–Kier alpha value is -3.85. The summed E-state index contributed by atoms with van der Waals surface area (Å²) in [4.78, 5) is 34.8. The van der Waals surface area contributed by atoms with Gasteiger partial charge < -0.3 is 20.1 Å². The lowest BCUT2D eigenvalue weighted by atomic mass is 10.1. The summed E-state index contributed by atoms with van der Waals surface area (Å²) in [6.07, 6.45) is 71.0. The molecule has 2 unspecified atom stereocenters. The predicted molar refractivity (Wildman–Crippen MR) is 279 cm³/mol. The molecule has 0 fully saturated rings. The van der Waals surface area contributed by atoms with E-state index in [9.17, 15) is 19.0 Å². The molecule has 0 saturated heterocycles. The van der Waals surface area contributed by atoms with Crippen molar-refractivity contribution in [2.45, 2.75) is 180 Å². The highest BCUT2D eigenvalue weighted by Crippen LogP contribution is 2.43. The second kappa shape index (κ2) is 50.6. The Morgan fingerprint density at radius 1 is 0.470 bits per heavy atom. The van der Waals surface area contributed by atoms with Crippen molar-refractivity contribution in [2.75, 3.05) is 26.4 Å². The number of rotatable bonds is 45. The minimum absolute atomic E-state index is 0.0413. The van der Waals surface area contributed by atoms with Crippen LogP contribution in [0.3, 0.4) is 0 Å². The van der Waals surface area contributed by atoms with Gasteiger partial charge in [-0.2, -0.15) is 0 Å². The SMILES string of the molecule is CC/C=C\C/C=C\C/C=C\C/C=C\C/C=C\C/C=C\C/C=C\C/C=C\C/C=C\C/C=C\C/C=C\CCCCCC(=O)OC(COC(=O)CCCCCCCCCC)COP(=O)(O)OCCN. The number of hydrogen-bond donors (Lipinski definition) is 2. The highest BCUT2D eigenvalue weighted by Gasteiger charge is 2.26. The van der Waals surface area contributed by atoms with Gasteiger partial charge in [0.2, 0.25) is 0 Å². The van der Waals surface area contributed by atoms with E-state index in [1.807, 2.05) is 0 Å². The van der Waals surface area contributed by atoms with E-state index in [1.165, 1.54) is 25.7 Å². The van der Waals surface area contributed by atoms with Crippen molar-refractivity contribution in [3.63, 3.8) is 0 Å². The first kappa shape index (κ1) is 62.1. The van der Waals surface area contributed by atoms with Crippen LogP contribution >= 0.6 is 7.82 Å². The highest BCUT2D eigenvalue weighted by molar-refractivity contribution is 7.47. The van der Waals surface area contributed by atoms with Gasteiger partial charge in [-0.05, 0) is 96.3 Å². The number of carbonyl (C=O) groups excluding carboxylic acids is 2. The molecule has 0 radical (unpaired) electrons. The number of hydrogen-bond acceptors (Lipinski definition) is 8. The molecule has 0 aromatic heterocycles. The fourth-order valence-electron chi connectivity index (χ4n) is 6.11. The number of ether oxygens (including phenoxy) is 2. The number of phosphoric acid groups is 1. The molecule has 66 heavy (non-hydrogen) atoms. The van der Waals surface area contributed by atoms with E-state index in [0.717, 1.165) is 116 Å². The van der Waals surface area contributed by atoms with Gasteiger partial charge in [-0.1, -0.05) is 199 Å². The molecule has 0 bridgehead atoms. The van der Waals surface area contributed by atoms with E-state index >= 15 is 0 Å². The van der Waals surface area contributed by atoms with Gasteiger partial charge in [0.05, 0.1) is 13.2 Å². The lowest BCUT2D eigenvalue weighted by Crippen LogP contribution is -2.29. The molecule has 2 atom stereocenters. The topological polar surface area (TPSA) is 134 Å². The van der Waals surface area contributed by atoms with Crippen molar-refractivity contribution in [3.05, 3.63) is 134 Å². The van der Waals surface area contributed by atoms with Crippen LogP contribution in [-0.4, -0.2) is 49.3 Å². The van der Waals surface area contributed by atoms with Crippen molar-refractivity contribution in [2.24, 2.45) is 5.73 Å². The molecule has 3 N–H and O–H groups in total. The maximum Gasteiger partial charge on any atom is 0.472 e. The molecular formula is C56H90NO8P. The smallest absolute Gasteiger partial charge is 0.462 e. The molecule has 0 saturated carbocycles. The predicted octanol–water partition coefficient (Wildman–Crippen LogP) is 15.4. The molecule has 0 aliphatic rings. The molecule has 0 aliphatic heterocycles. The maximum atomic E-state index is 12.6. The fraction of sp³-hybridized carbons (Fsp3) is 0.571. The van der Waals surface area contributed by atoms with Crippen LogP contribution in [0.1, 0.15) is 174 Å². The molecule has 0 aromatic carbocycles. The Labute approximate surface area is 402 Å². The van der Waals surface area contributed by atoms with Crippen LogP contribution in [0.5, 0.6) is 0 Å². The molecule has 0 spiro atoms. The van der Waals surface area contributed by atoms with Crippen LogP contribution in [0.4, 0.5) is 0 Å². The zero-order chi connectivity index (χ0) is 48.1. The average Bonchev–Trinajstić information content (AvgIpc) is 3.31. The van der Waals surface area contributed by atoms with Crippen LogP contribution < -0.4 is 5.73 Å². The van der Waals surface area contributed by atoms with E-state index < -0.39 is 32.5 Å². The van der Waals surface area contributed by atoms with E-state index in [0.29, 0.717) is 6.42 Å². The Morgan fingerprint density at radius 3 is 1.24 bits per heavy atom. The van der Waals surface area contributed by atoms with E-state index in [4.69, 9.17) is 24.3 Å². The van der Waals surface area contributed by atoms with E-state index in [-0.39, 0.29) is 32.6 Å². The van der Waals surface area contributed by atoms with Gasteiger partial charge in [0, 0.05) is 19.4 Å². The first-order valence-corrected chi connectivity index (χ1v) is 26.7. The largest absolute Gasteiger partial charge is 0.472 e. The molecule has 372 valence electrons. The summed E-state index contributed by atoms with van der Waals surface area (Å²) in [7, 11) is -4.39. The van der Waals surface area contributed by atoms with Crippen molar-refractivity contribution in [1.82, 2.24) is 0 Å². The molecule has 0 aromatic rings. The Kier molecular flexibility index (Phi) is 47.6. The third-order valence-electron chi connectivity index (χ3n) is 9.80. The van der Waals surface area contributed by atoms with Gasteiger partial charge in [0.15, 0.2) is 6.10 Å². The molecular weight excluding hydrogens is 846 g/mol. The van der Waals surface area contributed by atoms with Crippen LogP contribution in [0.2, 0.25) is 0 Å². The number of esters is 2. The molecule has 10 heteroatoms. The van der Waals surface area contributed by atoms with Crippen LogP contribution in [0.15, 0.2) is 134 Å². The van der Waals surface area contributed by atoms with Gasteiger partial charge >= 0.3 is 19.8 Å². The monoisotopic (exact) mass is 936 g/mol. The Balaban J connectivity index is 4.06. The third kappa shape index (κ3) is 49.6. The van der Waals surface area contributed by atoms with Crippen LogP contribution in [0, 0.1) is 0 Å². The lowest BCUT2D eigenvalue weighted by Gasteiger charge is -2.19. The number of unbranched alkanes of at least 4 members (excludes halogenated alkanes) is 10. The number of allylic oxidation sites excluding steroid dienone is 22. The van der Waals surface area contributed by atoms with Crippen LogP contribution in [0.25, 0.3) is 0 Å². The normalized spacial score (nSPS) is 14.3. The van der Waals surface area contributed by atoms with Gasteiger partial charge in [0.1, 0.15) is 6.61 Å². The van der Waals surface area contributed by atoms with Gasteiger partial charge in [0.25, 0.3) is 0 Å². The third-order valence-corrected chi connectivity index (χ3v) is 10.8. The summed E-state index contributed by atoms with van der Waals surface area (Å²) < 4.78 is 32.7. The summed E-state index contributed by atoms with van der Waals surface area (Å²) in [5.74, 6) is -0.884. The van der Waals surface area contributed by atoms with Crippen molar-refractivity contribution in [1.29, 1.82) is 0 Å². The lowest BCUT2D eigenvalue weighted by molar-refractivity contribution is -0.161. The zero-order valence-electron chi connectivity index (χ0n) is 41.1. The second-order valence-corrected chi connectivity index (χ2v) is 17.4. The Morgan fingerprint density at radius 2 is 0.833 bits per heavy atom. The zero-order valence-corrected chi connectivity index (χ0v) is 42.0. The number of nitrogens with two attached hydrogens (primary N) is 1. The minimum atomic E-state index is -4.39. The van der Waals surface area contributed by atoms with Crippen molar-refractivity contribution >= 4 is 19.8 Å². The first-order valence-electron chi connectivity index (χ1n) is 25.2. The molecule has 0 amide bonds. The summed E-state index contributed by atoms with van der Waals surface area (Å²) in [6.45, 7) is 3.51. The number of phosphoric ester groups is 1. The standard InChI is InChI=1S/C56H90NO8P/c1-3-5-7-9-11-13-14-15-16-17-18-19-20-21-22-23-24-25-26-27-28-29-30-31-32-33-34-35-36-37-38-39-40-41-43-45-47-49-56(59)65-54(53-64-66(60,61)63-51-50-57)52-62-55(58)48-46-44-42-12-10-8-6-4-2/h5,7,11,13,15-16,18-19,21-22,24-25,27-28,30-31,33-34,36-37,39-40,54H,3-4,6,8-10,12,14,17,20,23,26,29,32,35,38,41-53,57H2,1-2H3,(H,60,61)/b7-5-,13-11-,16-15-,19-18-,22-21-,25-24-,28-27-,31-30-,34-33-,37-36-,40-39-. The maximum absolute atomic E-state index is 12.6. The van der Waals surface area contributed by atoms with Crippen molar-refractivity contribution in [3.8, 4) is 0 Å². The van der Waals surface area contributed by atoms with Gasteiger partial charge in [-0.25, -0.2) is 4.57 Å². The molecule has 0 rings (SSSR count). The molecule has 0 heterocycles. The van der Waals surface area contributed by atoms with E-state index in [1.54, 1.807) is 0 Å². The summed E-state index contributed by atoms with van der Waals surface area (Å²) in [5.41, 5.74) is 5.34. The van der Waals surface area contributed by atoms with Crippen LogP contribution in [-0.2, 0) is 32.7 Å². The summed E-state index contributed by atoms with van der Waals surface area (Å²) in [5, 5.41) is 0. The first-order chi connectivity index (χ1) is 32.3. The summed E-state index contributed by atoms with van der Waals surface area (Å²) >= 11 is 0. The summed E-state index contributed by atoms with van der Waals surface area (Å²) in [6, 6.07) is 0. The second-order valence-electron chi connectivity index (χ2n) is 16.0.